The average molecular weight is 342 g/mol. The third-order valence-corrected chi connectivity index (χ3v) is 3.47. The lowest BCUT2D eigenvalue weighted by Crippen LogP contribution is -2.05. The summed E-state index contributed by atoms with van der Waals surface area (Å²) in [6.45, 7) is 6.02. The van der Waals surface area contributed by atoms with E-state index in [1.54, 1.807) is 24.3 Å². The van der Waals surface area contributed by atoms with Gasteiger partial charge < -0.3 is 18.3 Å². The van der Waals surface area contributed by atoms with Crippen LogP contribution in [0.4, 0.5) is 0 Å². The molecular formula is C18H18N2O5. The minimum Gasteiger partial charge on any atom is -0.494 e. The van der Waals surface area contributed by atoms with E-state index < -0.39 is 5.97 Å². The van der Waals surface area contributed by atoms with Crippen LogP contribution in [0.3, 0.4) is 0 Å². The third-order valence-electron chi connectivity index (χ3n) is 3.47. The van der Waals surface area contributed by atoms with E-state index in [1.807, 2.05) is 26.8 Å². The van der Waals surface area contributed by atoms with Gasteiger partial charge in [-0.3, -0.25) is 0 Å². The number of esters is 1. The lowest BCUT2D eigenvalue weighted by atomic mass is 10.2. The zero-order valence-corrected chi connectivity index (χ0v) is 14.2. The first-order chi connectivity index (χ1) is 12.1. The molecule has 2 heterocycles. The van der Waals surface area contributed by atoms with Crippen molar-refractivity contribution in [1.82, 2.24) is 10.2 Å². The average Bonchev–Trinajstić information content (AvgIpc) is 3.19. The van der Waals surface area contributed by atoms with Crippen LogP contribution in [0.1, 0.15) is 34.7 Å². The number of benzene rings is 1. The molecule has 0 amide bonds. The van der Waals surface area contributed by atoms with E-state index >= 15 is 0 Å². The maximum Gasteiger partial charge on any atom is 0.338 e. The SMILES string of the molecule is CCOc1ccc(C(=O)OCc2nnc(-c3cc(C)oc3C)o2)cc1. The van der Waals surface area contributed by atoms with Crippen molar-refractivity contribution >= 4 is 5.97 Å². The van der Waals surface area contributed by atoms with Crippen molar-refractivity contribution in [2.24, 2.45) is 0 Å². The van der Waals surface area contributed by atoms with Gasteiger partial charge in [0.2, 0.25) is 0 Å². The van der Waals surface area contributed by atoms with Gasteiger partial charge in [0.05, 0.1) is 17.7 Å². The number of carbonyl (C=O) groups is 1. The summed E-state index contributed by atoms with van der Waals surface area (Å²) in [7, 11) is 0. The Bertz CT molecular complexity index is 864. The van der Waals surface area contributed by atoms with Crippen LogP contribution in [0.15, 0.2) is 39.2 Å². The Kier molecular flexibility index (Phi) is 4.83. The number of furan rings is 1. The van der Waals surface area contributed by atoms with E-state index in [4.69, 9.17) is 18.3 Å². The van der Waals surface area contributed by atoms with Crippen molar-refractivity contribution in [3.05, 3.63) is 53.3 Å². The minimum absolute atomic E-state index is 0.102. The van der Waals surface area contributed by atoms with Gasteiger partial charge in [-0.25, -0.2) is 4.79 Å². The molecule has 0 atom stereocenters. The van der Waals surface area contributed by atoms with E-state index in [0.29, 0.717) is 29.6 Å². The molecule has 0 saturated carbocycles. The largest absolute Gasteiger partial charge is 0.494 e. The molecule has 0 saturated heterocycles. The predicted octanol–water partition coefficient (Wildman–Crippen LogP) is 3.70. The highest BCUT2D eigenvalue weighted by molar-refractivity contribution is 5.89. The van der Waals surface area contributed by atoms with Crippen LogP contribution in [0.5, 0.6) is 5.75 Å². The number of rotatable bonds is 6. The summed E-state index contributed by atoms with van der Waals surface area (Å²) in [5.74, 6) is 2.23. The van der Waals surface area contributed by atoms with E-state index in [1.165, 1.54) is 0 Å². The molecule has 0 fully saturated rings. The molecular weight excluding hydrogens is 324 g/mol. The highest BCUT2D eigenvalue weighted by Crippen LogP contribution is 2.25. The standard InChI is InChI=1S/C18H18N2O5/c1-4-22-14-7-5-13(6-8-14)18(21)23-10-16-19-20-17(25-16)15-9-11(2)24-12(15)3/h5-9H,4,10H2,1-3H3. The first-order valence-corrected chi connectivity index (χ1v) is 7.86. The summed E-state index contributed by atoms with van der Waals surface area (Å²) in [5.41, 5.74) is 1.15. The maximum absolute atomic E-state index is 12.1. The molecule has 0 aliphatic rings. The quantitative estimate of drug-likeness (QED) is 0.631. The number of hydrogen-bond donors (Lipinski definition) is 0. The molecule has 1 aromatic carbocycles. The molecule has 0 radical (unpaired) electrons. The normalized spacial score (nSPS) is 10.7. The second-order valence-electron chi connectivity index (χ2n) is 5.36. The summed E-state index contributed by atoms with van der Waals surface area (Å²) in [6.07, 6.45) is 0. The minimum atomic E-state index is -0.474. The molecule has 0 aliphatic carbocycles. The summed E-state index contributed by atoms with van der Waals surface area (Å²) in [5, 5.41) is 7.85. The fourth-order valence-electron chi connectivity index (χ4n) is 2.33. The number of aryl methyl sites for hydroxylation is 2. The molecule has 3 rings (SSSR count). The van der Waals surface area contributed by atoms with Gasteiger partial charge in [0, 0.05) is 0 Å². The van der Waals surface area contributed by atoms with Gasteiger partial charge in [0.25, 0.3) is 11.8 Å². The Morgan fingerprint density at radius 2 is 1.88 bits per heavy atom. The summed E-state index contributed by atoms with van der Waals surface area (Å²) in [6, 6.07) is 8.54. The number of carbonyl (C=O) groups excluding carboxylic acids is 1. The molecule has 0 N–H and O–H groups in total. The fraction of sp³-hybridized carbons (Fsp3) is 0.278. The van der Waals surface area contributed by atoms with Crippen molar-refractivity contribution in [2.75, 3.05) is 6.61 Å². The summed E-state index contributed by atoms with van der Waals surface area (Å²) < 4.78 is 21.5. The van der Waals surface area contributed by atoms with E-state index in [0.717, 1.165) is 11.3 Å². The van der Waals surface area contributed by atoms with Gasteiger partial charge in [-0.2, -0.15) is 0 Å². The van der Waals surface area contributed by atoms with Crippen LogP contribution in [0.25, 0.3) is 11.5 Å². The van der Waals surface area contributed by atoms with Crippen molar-refractivity contribution in [3.63, 3.8) is 0 Å². The van der Waals surface area contributed by atoms with E-state index in [2.05, 4.69) is 10.2 Å². The van der Waals surface area contributed by atoms with Crippen molar-refractivity contribution in [2.45, 2.75) is 27.4 Å². The van der Waals surface area contributed by atoms with Gasteiger partial charge in [0.15, 0.2) is 6.61 Å². The molecule has 130 valence electrons. The Morgan fingerprint density at radius 1 is 1.12 bits per heavy atom. The van der Waals surface area contributed by atoms with Gasteiger partial charge in [-0.1, -0.05) is 0 Å². The van der Waals surface area contributed by atoms with E-state index in [-0.39, 0.29) is 12.5 Å². The molecule has 2 aromatic heterocycles. The molecule has 7 nitrogen and oxygen atoms in total. The van der Waals surface area contributed by atoms with Crippen LogP contribution in [-0.4, -0.2) is 22.8 Å². The number of ether oxygens (including phenoxy) is 2. The summed E-state index contributed by atoms with van der Waals surface area (Å²) >= 11 is 0. The Hall–Kier alpha value is -3.09. The highest BCUT2D eigenvalue weighted by Gasteiger charge is 2.16. The second-order valence-corrected chi connectivity index (χ2v) is 5.36. The number of hydrogen-bond acceptors (Lipinski definition) is 7. The second kappa shape index (κ2) is 7.21. The molecule has 0 bridgehead atoms. The zero-order chi connectivity index (χ0) is 17.8. The molecule has 0 spiro atoms. The molecule has 3 aromatic rings. The Labute approximate surface area is 144 Å². The maximum atomic E-state index is 12.1. The van der Waals surface area contributed by atoms with Crippen LogP contribution >= 0.6 is 0 Å². The monoisotopic (exact) mass is 342 g/mol. The van der Waals surface area contributed by atoms with E-state index in [9.17, 15) is 4.79 Å². The van der Waals surface area contributed by atoms with Crippen LogP contribution in [-0.2, 0) is 11.3 Å². The lowest BCUT2D eigenvalue weighted by molar-refractivity contribution is 0.0438. The van der Waals surface area contributed by atoms with Gasteiger partial charge in [-0.05, 0) is 51.1 Å². The van der Waals surface area contributed by atoms with Gasteiger partial charge >= 0.3 is 5.97 Å². The Balaban J connectivity index is 1.62. The van der Waals surface area contributed by atoms with Gasteiger partial charge in [-0.15, -0.1) is 10.2 Å². The fourth-order valence-corrected chi connectivity index (χ4v) is 2.33. The Morgan fingerprint density at radius 3 is 2.52 bits per heavy atom. The molecule has 0 aliphatic heterocycles. The lowest BCUT2D eigenvalue weighted by Gasteiger charge is -2.04. The number of aromatic nitrogens is 2. The topological polar surface area (TPSA) is 87.6 Å². The predicted molar refractivity (Wildman–Crippen MR) is 88.2 cm³/mol. The van der Waals surface area contributed by atoms with Crippen molar-refractivity contribution < 1.29 is 23.1 Å². The highest BCUT2D eigenvalue weighted by atomic mass is 16.5. The molecule has 25 heavy (non-hydrogen) atoms. The molecule has 7 heteroatoms. The van der Waals surface area contributed by atoms with Crippen molar-refractivity contribution in [1.29, 1.82) is 0 Å². The number of nitrogens with zero attached hydrogens (tertiary/aromatic N) is 2. The first kappa shape index (κ1) is 16.8. The van der Waals surface area contributed by atoms with Crippen LogP contribution in [0.2, 0.25) is 0 Å². The molecule has 0 unspecified atom stereocenters. The first-order valence-electron chi connectivity index (χ1n) is 7.86. The zero-order valence-electron chi connectivity index (χ0n) is 14.2. The van der Waals surface area contributed by atoms with Crippen molar-refractivity contribution in [3.8, 4) is 17.2 Å². The van der Waals surface area contributed by atoms with Crippen LogP contribution < -0.4 is 4.74 Å². The van der Waals surface area contributed by atoms with Crippen LogP contribution in [0, 0.1) is 13.8 Å². The summed E-state index contributed by atoms with van der Waals surface area (Å²) in [4.78, 5) is 12.1. The third kappa shape index (κ3) is 3.88. The van der Waals surface area contributed by atoms with Gasteiger partial charge in [0.1, 0.15) is 17.3 Å². The smallest absolute Gasteiger partial charge is 0.338 e.